The first-order valence-corrected chi connectivity index (χ1v) is 3.76. The maximum absolute atomic E-state index is 10.5. The van der Waals surface area contributed by atoms with Gasteiger partial charge < -0.3 is 10.2 Å². The van der Waals surface area contributed by atoms with Crippen molar-refractivity contribution in [2.45, 2.75) is 25.4 Å². The fourth-order valence-electron chi connectivity index (χ4n) is 1.32. The number of aliphatic carboxylic acids is 1. The lowest BCUT2D eigenvalue weighted by molar-refractivity contribution is -0.148. The number of rotatable bonds is 3. The van der Waals surface area contributed by atoms with E-state index in [1.54, 1.807) is 4.90 Å². The van der Waals surface area contributed by atoms with Gasteiger partial charge >= 0.3 is 5.97 Å². The summed E-state index contributed by atoms with van der Waals surface area (Å²) in [5.41, 5.74) is 0. The van der Waals surface area contributed by atoms with Crippen LogP contribution in [0.25, 0.3) is 0 Å². The summed E-state index contributed by atoms with van der Waals surface area (Å²) in [6, 6.07) is -0.387. The number of likely N-dealkylation sites (tertiary alicyclic amines) is 1. The molecule has 1 aliphatic rings. The highest BCUT2D eigenvalue weighted by Crippen LogP contribution is 2.19. The van der Waals surface area contributed by atoms with Gasteiger partial charge in [-0.3, -0.25) is 9.69 Å². The first kappa shape index (κ1) is 8.49. The molecular weight excluding hydrogens is 146 g/mol. The lowest BCUT2D eigenvalue weighted by atomic mass is 10.0. The van der Waals surface area contributed by atoms with E-state index in [0.717, 1.165) is 13.0 Å². The highest BCUT2D eigenvalue weighted by atomic mass is 16.4. The van der Waals surface area contributed by atoms with Crippen LogP contribution in [0.2, 0.25) is 0 Å². The first-order chi connectivity index (χ1) is 5.16. The molecule has 0 aromatic heterocycles. The zero-order valence-electron chi connectivity index (χ0n) is 6.53. The Balaban J connectivity index is 2.48. The average Bonchev–Trinajstić information content (AvgIpc) is 1.96. The van der Waals surface area contributed by atoms with Crippen molar-refractivity contribution in [2.24, 2.45) is 0 Å². The largest absolute Gasteiger partial charge is 0.480 e. The Labute approximate surface area is 65.4 Å². The summed E-state index contributed by atoms with van der Waals surface area (Å²) in [5.74, 6) is -0.931. The molecule has 0 saturated carbocycles. The number of carboxylic acid groups (broad SMARTS) is 1. The zero-order chi connectivity index (χ0) is 8.43. The number of hydrogen-bond donors (Lipinski definition) is 2. The Hall–Kier alpha value is -0.610. The highest BCUT2D eigenvalue weighted by Gasteiger charge is 2.34. The molecule has 0 aromatic carbocycles. The number of nitrogens with zero attached hydrogens (tertiary/aromatic N) is 1. The molecule has 0 aromatic rings. The Bertz CT molecular complexity index is 160. The van der Waals surface area contributed by atoms with Gasteiger partial charge in [0.05, 0.1) is 6.61 Å². The van der Waals surface area contributed by atoms with Gasteiger partial charge in [-0.1, -0.05) is 0 Å². The molecule has 2 unspecified atom stereocenters. The van der Waals surface area contributed by atoms with Crippen molar-refractivity contribution in [3.8, 4) is 0 Å². The lowest BCUT2D eigenvalue weighted by Crippen LogP contribution is -2.56. The fourth-order valence-corrected chi connectivity index (χ4v) is 1.32. The zero-order valence-corrected chi connectivity index (χ0v) is 6.53. The van der Waals surface area contributed by atoms with Gasteiger partial charge in [0.25, 0.3) is 0 Å². The van der Waals surface area contributed by atoms with E-state index in [1.807, 2.05) is 6.92 Å². The van der Waals surface area contributed by atoms with E-state index in [4.69, 9.17) is 10.2 Å². The summed E-state index contributed by atoms with van der Waals surface area (Å²) in [6.07, 6.45) is 1.03. The summed E-state index contributed by atoms with van der Waals surface area (Å²) >= 11 is 0. The number of carboxylic acids is 1. The van der Waals surface area contributed by atoms with Gasteiger partial charge in [-0.05, 0) is 13.3 Å². The van der Waals surface area contributed by atoms with Crippen molar-refractivity contribution >= 4 is 5.97 Å². The minimum Gasteiger partial charge on any atom is -0.480 e. The van der Waals surface area contributed by atoms with Crippen LogP contribution < -0.4 is 0 Å². The summed E-state index contributed by atoms with van der Waals surface area (Å²) in [7, 11) is 0. The van der Waals surface area contributed by atoms with Crippen LogP contribution in [0.1, 0.15) is 13.3 Å². The van der Waals surface area contributed by atoms with Crippen molar-refractivity contribution in [2.75, 3.05) is 13.2 Å². The van der Waals surface area contributed by atoms with Gasteiger partial charge in [0, 0.05) is 12.6 Å². The van der Waals surface area contributed by atoms with E-state index >= 15 is 0 Å². The third kappa shape index (κ3) is 1.52. The lowest BCUT2D eigenvalue weighted by Gasteiger charge is -2.41. The second kappa shape index (κ2) is 3.19. The van der Waals surface area contributed by atoms with Crippen molar-refractivity contribution < 1.29 is 15.0 Å². The summed E-state index contributed by atoms with van der Waals surface area (Å²) in [5, 5.41) is 17.4. The molecule has 2 N–H and O–H groups in total. The third-order valence-corrected chi connectivity index (χ3v) is 2.23. The van der Waals surface area contributed by atoms with E-state index in [0.29, 0.717) is 6.04 Å². The van der Waals surface area contributed by atoms with E-state index in [2.05, 4.69) is 0 Å². The van der Waals surface area contributed by atoms with Crippen molar-refractivity contribution in [3.63, 3.8) is 0 Å². The van der Waals surface area contributed by atoms with Crippen LogP contribution in [0.4, 0.5) is 0 Å². The SMILES string of the molecule is CC1CCN1C(CO)C(=O)O. The molecule has 1 saturated heterocycles. The number of aliphatic hydroxyl groups is 1. The topological polar surface area (TPSA) is 60.8 Å². The smallest absolute Gasteiger partial charge is 0.323 e. The molecule has 4 nitrogen and oxygen atoms in total. The van der Waals surface area contributed by atoms with Gasteiger partial charge in [0.15, 0.2) is 0 Å². The van der Waals surface area contributed by atoms with E-state index in [9.17, 15) is 4.79 Å². The van der Waals surface area contributed by atoms with Crippen LogP contribution in [0, 0.1) is 0 Å². The normalized spacial score (nSPS) is 27.6. The summed E-state index contributed by atoms with van der Waals surface area (Å²) < 4.78 is 0. The molecule has 64 valence electrons. The molecule has 11 heavy (non-hydrogen) atoms. The van der Waals surface area contributed by atoms with Gasteiger partial charge in [-0.25, -0.2) is 0 Å². The first-order valence-electron chi connectivity index (χ1n) is 3.76. The van der Waals surface area contributed by atoms with Crippen LogP contribution in [0.3, 0.4) is 0 Å². The molecule has 4 heteroatoms. The molecule has 1 rings (SSSR count). The van der Waals surface area contributed by atoms with E-state index < -0.39 is 12.0 Å². The van der Waals surface area contributed by atoms with Crippen molar-refractivity contribution in [1.29, 1.82) is 0 Å². The quantitative estimate of drug-likeness (QED) is 0.584. The second-order valence-corrected chi connectivity index (χ2v) is 2.91. The second-order valence-electron chi connectivity index (χ2n) is 2.91. The minimum atomic E-state index is -0.931. The molecule has 0 radical (unpaired) electrons. The average molecular weight is 159 g/mol. The Morgan fingerprint density at radius 3 is 2.55 bits per heavy atom. The highest BCUT2D eigenvalue weighted by molar-refractivity contribution is 5.73. The van der Waals surface area contributed by atoms with Gasteiger partial charge in [0.2, 0.25) is 0 Å². The van der Waals surface area contributed by atoms with Crippen LogP contribution in [-0.2, 0) is 4.79 Å². The molecule has 1 heterocycles. The van der Waals surface area contributed by atoms with Crippen LogP contribution >= 0.6 is 0 Å². The molecule has 1 aliphatic heterocycles. The maximum atomic E-state index is 10.5. The predicted molar refractivity (Wildman–Crippen MR) is 39.3 cm³/mol. The van der Waals surface area contributed by atoms with Crippen molar-refractivity contribution in [1.82, 2.24) is 4.90 Å². The van der Waals surface area contributed by atoms with Crippen LogP contribution in [0.15, 0.2) is 0 Å². The molecule has 0 aliphatic carbocycles. The van der Waals surface area contributed by atoms with Crippen LogP contribution in [-0.4, -0.2) is 46.3 Å². The molecule has 0 amide bonds. The standard InChI is InChI=1S/C7H13NO3/c1-5-2-3-8(5)6(4-9)7(10)11/h5-6,9H,2-4H2,1H3,(H,10,11). The molecule has 0 spiro atoms. The molecule has 2 atom stereocenters. The number of carbonyl (C=O) groups is 1. The Morgan fingerprint density at radius 1 is 1.82 bits per heavy atom. The summed E-state index contributed by atoms with van der Waals surface area (Å²) in [6.45, 7) is 2.47. The fraction of sp³-hybridized carbons (Fsp3) is 0.857. The third-order valence-electron chi connectivity index (χ3n) is 2.23. The monoisotopic (exact) mass is 159 g/mol. The summed E-state index contributed by atoms with van der Waals surface area (Å²) in [4.78, 5) is 12.3. The Kier molecular flexibility index (Phi) is 2.46. The van der Waals surface area contributed by atoms with Crippen LogP contribution in [0.5, 0.6) is 0 Å². The molecular formula is C7H13NO3. The Morgan fingerprint density at radius 2 is 2.45 bits per heavy atom. The maximum Gasteiger partial charge on any atom is 0.323 e. The molecule has 0 bridgehead atoms. The van der Waals surface area contributed by atoms with Gasteiger partial charge in [-0.15, -0.1) is 0 Å². The number of aliphatic hydroxyl groups excluding tert-OH is 1. The van der Waals surface area contributed by atoms with E-state index in [1.165, 1.54) is 0 Å². The van der Waals surface area contributed by atoms with Crippen molar-refractivity contribution in [3.05, 3.63) is 0 Å². The number of hydrogen-bond acceptors (Lipinski definition) is 3. The minimum absolute atomic E-state index is 0.292. The van der Waals surface area contributed by atoms with E-state index in [-0.39, 0.29) is 6.61 Å². The predicted octanol–water partition coefficient (Wildman–Crippen LogP) is -0.474. The van der Waals surface area contributed by atoms with Gasteiger partial charge in [0.1, 0.15) is 6.04 Å². The molecule has 1 fully saturated rings. The van der Waals surface area contributed by atoms with Gasteiger partial charge in [-0.2, -0.15) is 0 Å².